The lowest BCUT2D eigenvalue weighted by molar-refractivity contribution is 0.0988. The van der Waals surface area contributed by atoms with E-state index in [1.54, 1.807) is 47.4 Å². The molecule has 0 spiro atoms. The van der Waals surface area contributed by atoms with E-state index in [1.807, 2.05) is 31.2 Å². The largest absolute Gasteiger partial charge is 0.322 e. The predicted octanol–water partition coefficient (Wildman–Crippen LogP) is 3.85. The Morgan fingerprint density at radius 1 is 0.912 bits per heavy atom. The zero-order valence-electron chi connectivity index (χ0n) is 19.0. The zero-order chi connectivity index (χ0) is 24.0. The molecule has 2 heterocycles. The van der Waals surface area contributed by atoms with Crippen molar-refractivity contribution < 1.29 is 18.0 Å². The van der Waals surface area contributed by atoms with Gasteiger partial charge in [-0.25, -0.2) is 8.42 Å². The van der Waals surface area contributed by atoms with Crippen LogP contribution in [-0.2, 0) is 22.9 Å². The summed E-state index contributed by atoms with van der Waals surface area (Å²) in [7, 11) is -3.38. The Bertz CT molecular complexity index is 1400. The van der Waals surface area contributed by atoms with Crippen LogP contribution in [0.15, 0.2) is 66.7 Å². The van der Waals surface area contributed by atoms with Crippen LogP contribution in [0.1, 0.15) is 38.8 Å². The van der Waals surface area contributed by atoms with Crippen LogP contribution in [0.2, 0.25) is 0 Å². The van der Waals surface area contributed by atoms with Crippen molar-refractivity contribution in [1.82, 2.24) is 0 Å². The first-order valence-corrected chi connectivity index (χ1v) is 13.0. The predicted molar refractivity (Wildman–Crippen MR) is 133 cm³/mol. The number of nitrogens with zero attached hydrogens (tertiary/aromatic N) is 2. The highest BCUT2D eigenvalue weighted by atomic mass is 32.2. The Morgan fingerprint density at radius 2 is 1.62 bits per heavy atom. The van der Waals surface area contributed by atoms with Crippen LogP contribution in [0.25, 0.3) is 0 Å². The van der Waals surface area contributed by atoms with Gasteiger partial charge in [-0.1, -0.05) is 18.2 Å². The Morgan fingerprint density at radius 3 is 2.35 bits per heavy atom. The number of hydrogen-bond acceptors (Lipinski definition) is 4. The summed E-state index contributed by atoms with van der Waals surface area (Å²) in [5.41, 5.74) is 5.16. The number of carbonyl (C=O) groups is 2. The normalized spacial score (nSPS) is 16.8. The summed E-state index contributed by atoms with van der Waals surface area (Å²) in [4.78, 5) is 27.6. The van der Waals surface area contributed by atoms with E-state index >= 15 is 0 Å². The highest BCUT2D eigenvalue weighted by molar-refractivity contribution is 7.92. The van der Waals surface area contributed by atoms with Crippen LogP contribution in [0.4, 0.5) is 17.1 Å². The van der Waals surface area contributed by atoms with E-state index in [-0.39, 0.29) is 17.9 Å². The van der Waals surface area contributed by atoms with Gasteiger partial charge in [-0.05, 0) is 79.4 Å². The molecule has 0 fully saturated rings. The van der Waals surface area contributed by atoms with Gasteiger partial charge in [-0.2, -0.15) is 0 Å². The first-order valence-electron chi connectivity index (χ1n) is 11.2. The van der Waals surface area contributed by atoms with Gasteiger partial charge in [-0.15, -0.1) is 0 Å². The van der Waals surface area contributed by atoms with Crippen LogP contribution < -0.4 is 14.5 Å². The molecular formula is C26H25N3O4S. The van der Waals surface area contributed by atoms with Gasteiger partial charge in [0.25, 0.3) is 11.8 Å². The van der Waals surface area contributed by atoms with E-state index in [0.717, 1.165) is 17.7 Å². The molecule has 0 saturated carbocycles. The number of hydrogen-bond donors (Lipinski definition) is 1. The maximum absolute atomic E-state index is 13.0. The molecule has 3 aromatic rings. The number of para-hydroxylation sites is 1. The standard InChI is InChI=1S/C26H25N3O4S/c1-17-15-21-16-20(9-12-24(21)29(17)34(2,32)33)25(30)27-22-10-7-19(8-11-22)26(31)28-14-13-18-5-3-4-6-23(18)28/h3-12,16-17H,13-15H2,1-2H3,(H,27,30). The number of rotatable bonds is 4. The molecule has 5 rings (SSSR count). The molecule has 1 atom stereocenters. The second-order valence-corrected chi connectivity index (χ2v) is 10.7. The van der Waals surface area contributed by atoms with E-state index < -0.39 is 10.0 Å². The molecule has 1 N–H and O–H groups in total. The number of benzene rings is 3. The Kier molecular flexibility index (Phi) is 5.40. The van der Waals surface area contributed by atoms with E-state index in [0.29, 0.717) is 35.5 Å². The summed E-state index contributed by atoms with van der Waals surface area (Å²) in [6.07, 6.45) is 2.59. The number of carbonyl (C=O) groups excluding carboxylic acids is 2. The maximum atomic E-state index is 13.0. The van der Waals surface area contributed by atoms with Crippen molar-refractivity contribution in [2.75, 3.05) is 27.3 Å². The number of sulfonamides is 1. The second-order valence-electron chi connectivity index (χ2n) is 8.82. The van der Waals surface area contributed by atoms with Crippen molar-refractivity contribution in [3.63, 3.8) is 0 Å². The molecule has 0 aliphatic carbocycles. The summed E-state index contributed by atoms with van der Waals surface area (Å²) in [6, 6.07) is 19.7. The van der Waals surface area contributed by atoms with Crippen LogP contribution >= 0.6 is 0 Å². The highest BCUT2D eigenvalue weighted by Crippen LogP contribution is 2.35. The molecule has 0 aromatic heterocycles. The van der Waals surface area contributed by atoms with Crippen LogP contribution in [0.3, 0.4) is 0 Å². The number of fused-ring (bicyclic) bond motifs is 2. The van der Waals surface area contributed by atoms with Crippen molar-refractivity contribution in [2.24, 2.45) is 0 Å². The average molecular weight is 476 g/mol. The van der Waals surface area contributed by atoms with Gasteiger partial charge in [0.05, 0.1) is 11.9 Å². The molecule has 7 nitrogen and oxygen atoms in total. The first-order chi connectivity index (χ1) is 16.2. The lowest BCUT2D eigenvalue weighted by atomic mass is 10.1. The lowest BCUT2D eigenvalue weighted by Gasteiger charge is -2.21. The Labute approximate surface area is 199 Å². The fourth-order valence-electron chi connectivity index (χ4n) is 4.85. The molecule has 2 aliphatic heterocycles. The quantitative estimate of drug-likeness (QED) is 0.621. The maximum Gasteiger partial charge on any atom is 0.258 e. The minimum Gasteiger partial charge on any atom is -0.322 e. The lowest BCUT2D eigenvalue weighted by Crippen LogP contribution is -2.34. The van der Waals surface area contributed by atoms with E-state index in [1.165, 1.54) is 16.1 Å². The van der Waals surface area contributed by atoms with E-state index in [4.69, 9.17) is 0 Å². The summed E-state index contributed by atoms with van der Waals surface area (Å²) in [5, 5.41) is 2.86. The van der Waals surface area contributed by atoms with Crippen LogP contribution in [0, 0.1) is 0 Å². The van der Waals surface area contributed by atoms with Gasteiger partial charge >= 0.3 is 0 Å². The molecule has 174 valence electrons. The Hall–Kier alpha value is -3.65. The fraction of sp³-hybridized carbons (Fsp3) is 0.231. The molecule has 2 aliphatic rings. The summed E-state index contributed by atoms with van der Waals surface area (Å²) < 4.78 is 25.6. The average Bonchev–Trinajstić information content (AvgIpc) is 3.38. The molecule has 0 bridgehead atoms. The number of nitrogens with one attached hydrogen (secondary N) is 1. The van der Waals surface area contributed by atoms with Crippen molar-refractivity contribution in [3.05, 3.63) is 89.0 Å². The van der Waals surface area contributed by atoms with Gasteiger partial charge in [0, 0.05) is 35.1 Å². The van der Waals surface area contributed by atoms with Crippen molar-refractivity contribution in [2.45, 2.75) is 25.8 Å². The fourth-order valence-corrected chi connectivity index (χ4v) is 6.12. The third-order valence-corrected chi connectivity index (χ3v) is 7.65. The molecular weight excluding hydrogens is 450 g/mol. The van der Waals surface area contributed by atoms with Crippen molar-refractivity contribution >= 4 is 38.9 Å². The van der Waals surface area contributed by atoms with Crippen molar-refractivity contribution in [1.29, 1.82) is 0 Å². The first kappa shape index (κ1) is 22.2. The molecule has 8 heteroatoms. The van der Waals surface area contributed by atoms with Gasteiger partial charge in [0.2, 0.25) is 10.0 Å². The minimum atomic E-state index is -3.38. The molecule has 0 saturated heterocycles. The van der Waals surface area contributed by atoms with Crippen molar-refractivity contribution in [3.8, 4) is 0 Å². The molecule has 2 amide bonds. The topological polar surface area (TPSA) is 86.8 Å². The molecule has 1 unspecified atom stereocenters. The molecule has 34 heavy (non-hydrogen) atoms. The molecule has 3 aromatic carbocycles. The monoisotopic (exact) mass is 475 g/mol. The summed E-state index contributed by atoms with van der Waals surface area (Å²) in [6.45, 7) is 2.51. The van der Waals surface area contributed by atoms with Crippen LogP contribution in [-0.4, -0.2) is 39.1 Å². The van der Waals surface area contributed by atoms with Crippen LogP contribution in [0.5, 0.6) is 0 Å². The smallest absolute Gasteiger partial charge is 0.258 e. The third-order valence-electron chi connectivity index (χ3n) is 6.37. The summed E-state index contributed by atoms with van der Waals surface area (Å²) in [5.74, 6) is -0.355. The van der Waals surface area contributed by atoms with Gasteiger partial charge < -0.3 is 10.2 Å². The molecule has 0 radical (unpaired) electrons. The third kappa shape index (κ3) is 3.94. The number of anilines is 3. The van der Waals surface area contributed by atoms with Gasteiger partial charge in [-0.3, -0.25) is 13.9 Å². The van der Waals surface area contributed by atoms with Gasteiger partial charge in [0.15, 0.2) is 0 Å². The Balaban J connectivity index is 1.29. The second kappa shape index (κ2) is 8.29. The highest BCUT2D eigenvalue weighted by Gasteiger charge is 2.33. The van der Waals surface area contributed by atoms with E-state index in [2.05, 4.69) is 5.32 Å². The zero-order valence-corrected chi connectivity index (χ0v) is 19.8. The summed E-state index contributed by atoms with van der Waals surface area (Å²) >= 11 is 0. The van der Waals surface area contributed by atoms with E-state index in [9.17, 15) is 18.0 Å². The van der Waals surface area contributed by atoms with Gasteiger partial charge in [0.1, 0.15) is 0 Å². The minimum absolute atomic E-state index is 0.0639. The SMILES string of the molecule is CC1Cc2cc(C(=O)Nc3ccc(C(=O)N4CCc5ccccc54)cc3)ccc2N1S(C)(=O)=O. The number of amides is 2.